The zero-order valence-electron chi connectivity index (χ0n) is 14.8. The maximum atomic E-state index is 12.9. The van der Waals surface area contributed by atoms with E-state index in [1.165, 1.54) is 6.20 Å². The predicted octanol–water partition coefficient (Wildman–Crippen LogP) is -0.336. The number of piperazine rings is 2. The number of hydrogen-bond acceptors (Lipinski definition) is 5. The van der Waals surface area contributed by atoms with Crippen molar-refractivity contribution < 1.29 is 19.1 Å². The van der Waals surface area contributed by atoms with E-state index >= 15 is 0 Å². The predicted molar refractivity (Wildman–Crippen MR) is 94.5 cm³/mol. The number of para-hydroxylation sites is 2. The van der Waals surface area contributed by atoms with Crippen LogP contribution in [0.15, 0.2) is 36.7 Å². The van der Waals surface area contributed by atoms with E-state index in [2.05, 4.69) is 10.4 Å². The van der Waals surface area contributed by atoms with E-state index in [4.69, 9.17) is 4.74 Å². The molecule has 3 heterocycles. The minimum atomic E-state index is -0.631. The van der Waals surface area contributed by atoms with Crippen LogP contribution in [-0.4, -0.2) is 76.6 Å². The zero-order valence-corrected chi connectivity index (χ0v) is 14.8. The van der Waals surface area contributed by atoms with Gasteiger partial charge in [-0.3, -0.25) is 14.4 Å². The molecule has 0 unspecified atom stereocenters. The molecule has 0 saturated carbocycles. The molecule has 9 heteroatoms. The Morgan fingerprint density at radius 2 is 2.07 bits per heavy atom. The van der Waals surface area contributed by atoms with E-state index in [0.29, 0.717) is 24.4 Å². The Labute approximate surface area is 155 Å². The Hall–Kier alpha value is -3.36. The Balaban J connectivity index is 1.53. The Morgan fingerprint density at radius 3 is 2.89 bits per heavy atom. The van der Waals surface area contributed by atoms with Crippen LogP contribution in [0, 0.1) is 0 Å². The number of rotatable bonds is 3. The lowest BCUT2D eigenvalue weighted by Gasteiger charge is -2.42. The van der Waals surface area contributed by atoms with Gasteiger partial charge in [0, 0.05) is 19.3 Å². The van der Waals surface area contributed by atoms with Gasteiger partial charge in [-0.25, -0.2) is 4.68 Å². The van der Waals surface area contributed by atoms with Crippen molar-refractivity contribution in [2.45, 2.75) is 6.04 Å². The Kier molecular flexibility index (Phi) is 4.27. The summed E-state index contributed by atoms with van der Waals surface area (Å²) in [6, 6.07) is 6.74. The van der Waals surface area contributed by atoms with Crippen LogP contribution in [0.2, 0.25) is 0 Å². The number of fused-ring (bicyclic) bond motifs is 1. The minimum absolute atomic E-state index is 0.0228. The molecule has 9 nitrogen and oxygen atoms in total. The average Bonchev–Trinajstić information content (AvgIpc) is 3.20. The number of benzene rings is 1. The van der Waals surface area contributed by atoms with Crippen LogP contribution in [0.25, 0.3) is 5.69 Å². The van der Waals surface area contributed by atoms with Crippen LogP contribution in [0.1, 0.15) is 10.4 Å². The molecule has 1 aromatic heterocycles. The number of carbonyl (C=O) groups excluding carboxylic acids is 3. The summed E-state index contributed by atoms with van der Waals surface area (Å²) < 4.78 is 6.91. The molecule has 1 atom stereocenters. The summed E-state index contributed by atoms with van der Waals surface area (Å²) in [5, 5.41) is 6.83. The third-order valence-electron chi connectivity index (χ3n) is 4.87. The molecule has 2 aromatic rings. The minimum Gasteiger partial charge on any atom is -0.494 e. The van der Waals surface area contributed by atoms with Gasteiger partial charge in [-0.15, -0.1) is 0 Å². The Morgan fingerprint density at radius 1 is 1.26 bits per heavy atom. The fourth-order valence-electron chi connectivity index (χ4n) is 3.44. The van der Waals surface area contributed by atoms with Crippen molar-refractivity contribution in [3.8, 4) is 11.4 Å². The number of nitrogens with zero attached hydrogens (tertiary/aromatic N) is 4. The van der Waals surface area contributed by atoms with E-state index < -0.39 is 6.04 Å². The molecule has 2 saturated heterocycles. The van der Waals surface area contributed by atoms with Gasteiger partial charge in [0.15, 0.2) is 0 Å². The van der Waals surface area contributed by atoms with Crippen LogP contribution in [0.3, 0.4) is 0 Å². The number of amides is 3. The molecule has 0 bridgehead atoms. The lowest BCUT2D eigenvalue weighted by atomic mass is 10.1. The van der Waals surface area contributed by atoms with Gasteiger partial charge in [0.25, 0.3) is 5.91 Å². The highest BCUT2D eigenvalue weighted by molar-refractivity contribution is 5.97. The lowest BCUT2D eigenvalue weighted by Crippen LogP contribution is -2.66. The van der Waals surface area contributed by atoms with Gasteiger partial charge in [-0.05, 0) is 12.1 Å². The van der Waals surface area contributed by atoms with Crippen molar-refractivity contribution in [1.29, 1.82) is 0 Å². The number of methoxy groups -OCH3 is 1. The maximum Gasteiger partial charge on any atom is 0.257 e. The van der Waals surface area contributed by atoms with Crippen LogP contribution in [-0.2, 0) is 9.59 Å². The number of nitrogens with one attached hydrogen (secondary N) is 1. The molecule has 0 radical (unpaired) electrons. The quantitative estimate of drug-likeness (QED) is 0.799. The van der Waals surface area contributed by atoms with Crippen molar-refractivity contribution in [3.63, 3.8) is 0 Å². The van der Waals surface area contributed by atoms with Crippen LogP contribution >= 0.6 is 0 Å². The molecule has 27 heavy (non-hydrogen) atoms. The number of aromatic nitrogens is 2. The highest BCUT2D eigenvalue weighted by Crippen LogP contribution is 2.22. The van der Waals surface area contributed by atoms with Gasteiger partial charge < -0.3 is 19.9 Å². The SMILES string of the molecule is COc1ccccc1-n1cc(C(=O)N2CCN3C(=O)CNC(=O)[C@@H]3C2)cn1. The van der Waals surface area contributed by atoms with Gasteiger partial charge in [0.05, 0.1) is 32.0 Å². The highest BCUT2D eigenvalue weighted by atomic mass is 16.5. The summed E-state index contributed by atoms with van der Waals surface area (Å²) in [5.74, 6) is 0.0831. The molecule has 1 aromatic carbocycles. The van der Waals surface area contributed by atoms with Crippen LogP contribution < -0.4 is 10.1 Å². The molecule has 2 fully saturated rings. The number of carbonyl (C=O) groups is 3. The second-order valence-electron chi connectivity index (χ2n) is 6.42. The van der Waals surface area contributed by atoms with Crippen molar-refractivity contribution in [2.75, 3.05) is 33.3 Å². The van der Waals surface area contributed by atoms with Gasteiger partial charge in [-0.1, -0.05) is 12.1 Å². The fraction of sp³-hybridized carbons (Fsp3) is 0.333. The molecule has 0 spiro atoms. The van der Waals surface area contributed by atoms with E-state index in [1.807, 2.05) is 24.3 Å². The van der Waals surface area contributed by atoms with Crippen molar-refractivity contribution in [1.82, 2.24) is 24.9 Å². The van der Waals surface area contributed by atoms with E-state index in [-0.39, 0.29) is 30.8 Å². The molecule has 4 rings (SSSR count). The first-order chi connectivity index (χ1) is 13.1. The van der Waals surface area contributed by atoms with Crippen LogP contribution in [0.4, 0.5) is 0 Å². The number of hydrogen-bond donors (Lipinski definition) is 1. The van der Waals surface area contributed by atoms with E-state index in [0.717, 1.165) is 5.69 Å². The third kappa shape index (κ3) is 3.01. The fourth-order valence-corrected chi connectivity index (χ4v) is 3.44. The van der Waals surface area contributed by atoms with Crippen molar-refractivity contribution in [2.24, 2.45) is 0 Å². The lowest BCUT2D eigenvalue weighted by molar-refractivity contribution is -0.148. The summed E-state index contributed by atoms with van der Waals surface area (Å²) in [4.78, 5) is 40.0. The standard InChI is InChI=1S/C18H19N5O4/c1-27-15-5-3-2-4-13(15)23-10-12(8-20-23)18(26)21-6-7-22-14(11-21)17(25)19-9-16(22)24/h2-5,8,10,14H,6-7,9,11H2,1H3,(H,19,25)/t14-/m0/s1. The van der Waals surface area contributed by atoms with E-state index in [9.17, 15) is 14.4 Å². The largest absolute Gasteiger partial charge is 0.494 e. The molecular formula is C18H19N5O4. The van der Waals surface area contributed by atoms with Gasteiger partial charge in [-0.2, -0.15) is 5.10 Å². The van der Waals surface area contributed by atoms with Gasteiger partial charge in [0.2, 0.25) is 11.8 Å². The smallest absolute Gasteiger partial charge is 0.257 e. The van der Waals surface area contributed by atoms with Crippen LogP contribution in [0.5, 0.6) is 5.75 Å². The summed E-state index contributed by atoms with van der Waals surface area (Å²) in [7, 11) is 1.57. The van der Waals surface area contributed by atoms with Gasteiger partial charge >= 0.3 is 0 Å². The molecular weight excluding hydrogens is 350 g/mol. The molecule has 3 amide bonds. The van der Waals surface area contributed by atoms with Crippen molar-refractivity contribution in [3.05, 3.63) is 42.2 Å². The first-order valence-corrected chi connectivity index (χ1v) is 8.63. The maximum absolute atomic E-state index is 12.9. The molecule has 140 valence electrons. The molecule has 0 aliphatic carbocycles. The van der Waals surface area contributed by atoms with Crippen molar-refractivity contribution >= 4 is 17.7 Å². The monoisotopic (exact) mass is 369 g/mol. The summed E-state index contributed by atoms with van der Waals surface area (Å²) in [5.41, 5.74) is 1.14. The second-order valence-corrected chi connectivity index (χ2v) is 6.42. The summed E-state index contributed by atoms with van der Waals surface area (Å²) in [6.45, 7) is 0.933. The van der Waals surface area contributed by atoms with E-state index in [1.54, 1.807) is 27.8 Å². The molecule has 2 aliphatic heterocycles. The first-order valence-electron chi connectivity index (χ1n) is 8.63. The zero-order chi connectivity index (χ0) is 19.0. The summed E-state index contributed by atoms with van der Waals surface area (Å²) in [6.07, 6.45) is 3.13. The van der Waals surface area contributed by atoms with Gasteiger partial charge in [0.1, 0.15) is 17.5 Å². The third-order valence-corrected chi connectivity index (χ3v) is 4.87. The second kappa shape index (κ2) is 6.75. The normalized spacial score (nSPS) is 19.5. The first kappa shape index (κ1) is 17.1. The number of ether oxygens (including phenoxy) is 1. The average molecular weight is 369 g/mol. The Bertz CT molecular complexity index is 909. The highest BCUT2D eigenvalue weighted by Gasteiger charge is 2.40. The molecule has 2 aliphatic rings. The molecule has 1 N–H and O–H groups in total. The summed E-state index contributed by atoms with van der Waals surface area (Å²) >= 11 is 0. The topological polar surface area (TPSA) is 96.8 Å².